The summed E-state index contributed by atoms with van der Waals surface area (Å²) in [6.07, 6.45) is 5.76. The molecule has 0 radical (unpaired) electrons. The molecule has 0 unspecified atom stereocenters. The lowest BCUT2D eigenvalue weighted by Gasteiger charge is -2.23. The molecule has 1 saturated carbocycles. The minimum atomic E-state index is -2.74. The second kappa shape index (κ2) is 6.43. The van der Waals surface area contributed by atoms with E-state index in [4.69, 9.17) is 23.2 Å². The number of amides is 1. The molecule has 3 aliphatic rings. The monoisotopic (exact) mass is 440 g/mol. The van der Waals surface area contributed by atoms with Gasteiger partial charge in [0.25, 0.3) is 5.92 Å². The molecule has 29 heavy (non-hydrogen) atoms. The molecule has 1 amide bonds. The first kappa shape index (κ1) is 18.9. The van der Waals surface area contributed by atoms with Gasteiger partial charge in [0.05, 0.1) is 30.0 Å². The van der Waals surface area contributed by atoms with Gasteiger partial charge >= 0.3 is 0 Å². The molecule has 0 aromatic carbocycles. The average molecular weight is 441 g/mol. The van der Waals surface area contributed by atoms with Crippen LogP contribution in [0.15, 0.2) is 12.4 Å². The summed E-state index contributed by atoms with van der Waals surface area (Å²) in [6, 6.07) is 0. The molecule has 0 N–H and O–H groups in total. The normalized spacial score (nSPS) is 22.0. The van der Waals surface area contributed by atoms with Crippen molar-refractivity contribution in [3.8, 4) is 0 Å². The maximum atomic E-state index is 13.5. The Kier molecular flexibility index (Phi) is 4.19. The number of carbonyl (C=O) groups excluding carboxylic acids is 1. The van der Waals surface area contributed by atoms with Crippen molar-refractivity contribution in [2.45, 2.75) is 43.4 Å². The number of hydrogen-bond acceptors (Lipinski definition) is 6. The van der Waals surface area contributed by atoms with E-state index in [1.165, 1.54) is 22.2 Å². The van der Waals surface area contributed by atoms with Crippen molar-refractivity contribution in [3.63, 3.8) is 0 Å². The molecular formula is C18H16Cl2F2N6O. The zero-order valence-corrected chi connectivity index (χ0v) is 16.7. The molecule has 11 heteroatoms. The third-order valence-corrected chi connectivity index (χ3v) is 6.36. The summed E-state index contributed by atoms with van der Waals surface area (Å²) in [4.78, 5) is 33.1. The number of anilines is 3. The van der Waals surface area contributed by atoms with Gasteiger partial charge in [-0.3, -0.25) is 9.69 Å². The zero-order valence-electron chi connectivity index (χ0n) is 15.2. The minimum Gasteiger partial charge on any atom is -0.335 e. The molecule has 1 spiro atoms. The predicted octanol–water partition coefficient (Wildman–Crippen LogP) is 3.91. The molecule has 7 nitrogen and oxygen atoms in total. The number of halogens is 4. The first-order valence-electron chi connectivity index (χ1n) is 9.34. The summed E-state index contributed by atoms with van der Waals surface area (Å²) in [6.45, 7) is -0.237. The molecule has 1 aliphatic carbocycles. The number of carbonyl (C=O) groups is 1. The number of fused-ring (bicyclic) bond motifs is 2. The lowest BCUT2D eigenvalue weighted by molar-refractivity contribution is -0.122. The standard InChI is InChI=1S/C18H16Cl2F2N6O/c19-12-11-13(26-15(20)25-12)28(14(29)17(11)3-1-2-4-17)10-7-23-16(24-8-10)27-6-5-18(21,22)9-27/h7-8H,1-6,9H2. The lowest BCUT2D eigenvalue weighted by atomic mass is 9.81. The minimum absolute atomic E-state index is 0.0570. The summed E-state index contributed by atoms with van der Waals surface area (Å²) in [5.74, 6) is -2.36. The van der Waals surface area contributed by atoms with E-state index in [2.05, 4.69) is 19.9 Å². The van der Waals surface area contributed by atoms with Crippen molar-refractivity contribution in [1.82, 2.24) is 19.9 Å². The van der Waals surface area contributed by atoms with Gasteiger partial charge in [-0.05, 0) is 24.4 Å². The largest absolute Gasteiger partial charge is 0.335 e. The molecule has 1 saturated heterocycles. The SMILES string of the molecule is O=C1N(c2cnc(N3CCC(F)(F)C3)nc2)c2nc(Cl)nc(Cl)c2C12CCCC2. The molecule has 2 fully saturated rings. The summed E-state index contributed by atoms with van der Waals surface area (Å²) in [5.41, 5.74) is 0.210. The Balaban J connectivity index is 1.54. The van der Waals surface area contributed by atoms with Gasteiger partial charge in [-0.25, -0.2) is 23.7 Å². The highest BCUT2D eigenvalue weighted by atomic mass is 35.5. The summed E-state index contributed by atoms with van der Waals surface area (Å²) >= 11 is 12.4. The Morgan fingerprint density at radius 1 is 1.03 bits per heavy atom. The number of nitrogens with zero attached hydrogens (tertiary/aromatic N) is 6. The van der Waals surface area contributed by atoms with E-state index in [1.54, 1.807) is 0 Å². The quantitative estimate of drug-likeness (QED) is 0.520. The molecule has 2 aromatic rings. The van der Waals surface area contributed by atoms with Crippen molar-refractivity contribution in [2.24, 2.45) is 0 Å². The second-order valence-electron chi connectivity index (χ2n) is 7.68. The highest BCUT2D eigenvalue weighted by Crippen LogP contribution is 2.54. The molecule has 152 valence electrons. The third-order valence-electron chi connectivity index (χ3n) is 5.91. The fourth-order valence-electron chi connectivity index (χ4n) is 4.57. The molecule has 2 aliphatic heterocycles. The number of alkyl halides is 2. The van der Waals surface area contributed by atoms with E-state index in [-0.39, 0.29) is 35.3 Å². The second-order valence-corrected chi connectivity index (χ2v) is 8.38. The first-order chi connectivity index (χ1) is 13.8. The van der Waals surface area contributed by atoms with Gasteiger partial charge in [-0.1, -0.05) is 24.4 Å². The van der Waals surface area contributed by atoms with Gasteiger partial charge in [0.15, 0.2) is 5.82 Å². The Morgan fingerprint density at radius 2 is 1.72 bits per heavy atom. The predicted molar refractivity (Wildman–Crippen MR) is 103 cm³/mol. The van der Waals surface area contributed by atoms with E-state index in [9.17, 15) is 13.6 Å². The van der Waals surface area contributed by atoms with Gasteiger partial charge in [-0.2, -0.15) is 4.98 Å². The van der Waals surface area contributed by atoms with Crippen LogP contribution in [-0.2, 0) is 10.2 Å². The summed E-state index contributed by atoms with van der Waals surface area (Å²) in [5, 5.41) is 0.119. The topological polar surface area (TPSA) is 75.1 Å². The van der Waals surface area contributed by atoms with Crippen LogP contribution in [0.5, 0.6) is 0 Å². The maximum Gasteiger partial charge on any atom is 0.267 e. The van der Waals surface area contributed by atoms with E-state index < -0.39 is 17.9 Å². The van der Waals surface area contributed by atoms with Gasteiger partial charge in [0, 0.05) is 18.5 Å². The molecule has 0 bridgehead atoms. The molecule has 0 atom stereocenters. The van der Waals surface area contributed by atoms with Gasteiger partial charge < -0.3 is 4.90 Å². The van der Waals surface area contributed by atoms with Gasteiger partial charge in [0.2, 0.25) is 17.1 Å². The molecular weight excluding hydrogens is 425 g/mol. The summed E-state index contributed by atoms with van der Waals surface area (Å²) in [7, 11) is 0. The zero-order chi connectivity index (χ0) is 20.4. The Labute approximate surface area is 175 Å². The number of hydrogen-bond donors (Lipinski definition) is 0. The van der Waals surface area contributed by atoms with Crippen LogP contribution in [0.2, 0.25) is 10.4 Å². The number of aromatic nitrogens is 4. The lowest BCUT2D eigenvalue weighted by Crippen LogP contribution is -2.36. The van der Waals surface area contributed by atoms with Gasteiger partial charge in [0.1, 0.15) is 5.15 Å². The first-order valence-corrected chi connectivity index (χ1v) is 10.1. The Bertz CT molecular complexity index is 997. The van der Waals surface area contributed by atoms with Crippen LogP contribution in [0.25, 0.3) is 0 Å². The average Bonchev–Trinajstić information content (AvgIpc) is 3.34. The van der Waals surface area contributed by atoms with Gasteiger partial charge in [-0.15, -0.1) is 0 Å². The van der Waals surface area contributed by atoms with Crippen LogP contribution in [0.3, 0.4) is 0 Å². The fourth-order valence-corrected chi connectivity index (χ4v) is 5.12. The maximum absolute atomic E-state index is 13.5. The summed E-state index contributed by atoms with van der Waals surface area (Å²) < 4.78 is 27.0. The van der Waals surface area contributed by atoms with Crippen molar-refractivity contribution < 1.29 is 13.6 Å². The van der Waals surface area contributed by atoms with Crippen LogP contribution >= 0.6 is 23.2 Å². The smallest absolute Gasteiger partial charge is 0.267 e. The highest BCUT2D eigenvalue weighted by molar-refractivity contribution is 6.34. The van der Waals surface area contributed by atoms with Crippen molar-refractivity contribution in [2.75, 3.05) is 22.9 Å². The van der Waals surface area contributed by atoms with Crippen molar-refractivity contribution >= 4 is 46.6 Å². The van der Waals surface area contributed by atoms with Crippen molar-refractivity contribution in [3.05, 3.63) is 28.4 Å². The third kappa shape index (κ3) is 2.85. The molecule has 5 rings (SSSR count). The van der Waals surface area contributed by atoms with E-state index in [0.717, 1.165) is 12.8 Å². The van der Waals surface area contributed by atoms with E-state index in [0.29, 0.717) is 29.9 Å². The van der Waals surface area contributed by atoms with Crippen LogP contribution < -0.4 is 9.80 Å². The Morgan fingerprint density at radius 3 is 2.34 bits per heavy atom. The number of rotatable bonds is 2. The van der Waals surface area contributed by atoms with Crippen LogP contribution in [0, 0.1) is 0 Å². The van der Waals surface area contributed by atoms with E-state index >= 15 is 0 Å². The molecule has 4 heterocycles. The molecule has 2 aromatic heterocycles. The van der Waals surface area contributed by atoms with Crippen molar-refractivity contribution in [1.29, 1.82) is 0 Å². The Hall–Kier alpha value is -2.13. The van der Waals surface area contributed by atoms with Crippen LogP contribution in [0.4, 0.5) is 26.2 Å². The van der Waals surface area contributed by atoms with Crippen LogP contribution in [-0.4, -0.2) is 44.9 Å². The van der Waals surface area contributed by atoms with Crippen LogP contribution in [0.1, 0.15) is 37.7 Å². The van der Waals surface area contributed by atoms with E-state index in [1.807, 2.05) is 0 Å². The highest BCUT2D eigenvalue weighted by Gasteiger charge is 2.55. The fraction of sp³-hybridized carbons (Fsp3) is 0.500.